The highest BCUT2D eigenvalue weighted by Crippen LogP contribution is 2.22. The molecule has 3 rings (SSSR count). The van der Waals surface area contributed by atoms with E-state index in [1.165, 1.54) is 0 Å². The van der Waals surface area contributed by atoms with Crippen LogP contribution in [0.2, 0.25) is 0 Å². The van der Waals surface area contributed by atoms with Crippen LogP contribution >= 0.6 is 24.2 Å². The van der Waals surface area contributed by atoms with E-state index in [-0.39, 0.29) is 30.3 Å². The molecule has 0 spiro atoms. The lowest BCUT2D eigenvalue weighted by Gasteiger charge is -2.27. The molecule has 1 aromatic carbocycles. The quantitative estimate of drug-likeness (QED) is 0.839. The van der Waals surface area contributed by atoms with Crippen LogP contribution in [0.3, 0.4) is 0 Å². The molecule has 1 aromatic rings. The second kappa shape index (κ2) is 9.46. The van der Waals surface area contributed by atoms with Crippen molar-refractivity contribution in [3.8, 4) is 0 Å². The molecule has 138 valence electrons. The van der Waals surface area contributed by atoms with Gasteiger partial charge in [-0.1, -0.05) is 6.07 Å². The van der Waals surface area contributed by atoms with Crippen molar-refractivity contribution in [1.82, 2.24) is 10.2 Å². The maximum atomic E-state index is 12.7. The first-order chi connectivity index (χ1) is 11.6. The minimum absolute atomic E-state index is 0. The zero-order valence-electron chi connectivity index (χ0n) is 14.5. The molecule has 2 fully saturated rings. The van der Waals surface area contributed by atoms with Crippen molar-refractivity contribution in [2.24, 2.45) is 0 Å². The van der Waals surface area contributed by atoms with Crippen LogP contribution in [-0.2, 0) is 4.79 Å². The first-order valence-electron chi connectivity index (χ1n) is 8.65. The lowest BCUT2D eigenvalue weighted by molar-refractivity contribution is -0.116. The molecule has 1 unspecified atom stereocenters. The van der Waals surface area contributed by atoms with Gasteiger partial charge in [-0.25, -0.2) is 0 Å². The number of rotatable bonds is 4. The maximum Gasteiger partial charge on any atom is 0.254 e. The summed E-state index contributed by atoms with van der Waals surface area (Å²) in [4.78, 5) is 26.9. The SMILES string of the molecule is Cc1c(NC(=O)CC2CCCN2)cccc1C(=O)N1CCSCC1.Cl. The van der Waals surface area contributed by atoms with Crippen molar-refractivity contribution in [3.63, 3.8) is 0 Å². The van der Waals surface area contributed by atoms with Gasteiger partial charge in [0.25, 0.3) is 5.91 Å². The predicted octanol–water partition coefficient (Wildman–Crippen LogP) is 2.69. The molecule has 0 aliphatic carbocycles. The number of halogens is 1. The molecule has 2 N–H and O–H groups in total. The fraction of sp³-hybridized carbons (Fsp3) is 0.556. The molecule has 0 radical (unpaired) electrons. The Bertz CT molecular complexity index is 614. The molecule has 0 bridgehead atoms. The van der Waals surface area contributed by atoms with Crippen LogP contribution in [0.15, 0.2) is 18.2 Å². The molecule has 25 heavy (non-hydrogen) atoms. The van der Waals surface area contributed by atoms with E-state index in [2.05, 4.69) is 10.6 Å². The maximum absolute atomic E-state index is 12.7. The summed E-state index contributed by atoms with van der Waals surface area (Å²) in [5.41, 5.74) is 2.29. The van der Waals surface area contributed by atoms with Crippen LogP contribution < -0.4 is 10.6 Å². The Balaban J connectivity index is 0.00000225. The summed E-state index contributed by atoms with van der Waals surface area (Å²) in [6, 6.07) is 5.86. The summed E-state index contributed by atoms with van der Waals surface area (Å²) in [6.45, 7) is 4.50. The highest BCUT2D eigenvalue weighted by molar-refractivity contribution is 7.99. The molecule has 2 aliphatic rings. The van der Waals surface area contributed by atoms with Crippen molar-refractivity contribution < 1.29 is 9.59 Å². The summed E-state index contributed by atoms with van der Waals surface area (Å²) in [7, 11) is 0. The van der Waals surface area contributed by atoms with E-state index in [1.54, 1.807) is 0 Å². The van der Waals surface area contributed by atoms with Crippen LogP contribution in [0.4, 0.5) is 5.69 Å². The van der Waals surface area contributed by atoms with Gasteiger partial charge in [-0.05, 0) is 44.0 Å². The summed E-state index contributed by atoms with van der Waals surface area (Å²) in [6.07, 6.45) is 2.67. The number of hydrogen-bond acceptors (Lipinski definition) is 4. The molecule has 0 saturated carbocycles. The second-order valence-electron chi connectivity index (χ2n) is 6.43. The Kier molecular flexibility index (Phi) is 7.59. The van der Waals surface area contributed by atoms with E-state index in [4.69, 9.17) is 0 Å². The topological polar surface area (TPSA) is 61.4 Å². The van der Waals surface area contributed by atoms with Gasteiger partial charge in [0.1, 0.15) is 0 Å². The fourth-order valence-electron chi connectivity index (χ4n) is 3.30. The first kappa shape index (κ1) is 20.1. The number of anilines is 1. The van der Waals surface area contributed by atoms with Crippen molar-refractivity contribution in [2.45, 2.75) is 32.2 Å². The number of nitrogens with one attached hydrogen (secondary N) is 2. The second-order valence-corrected chi connectivity index (χ2v) is 7.65. The number of nitrogens with zero attached hydrogens (tertiary/aromatic N) is 1. The van der Waals surface area contributed by atoms with E-state index in [0.717, 1.165) is 55.2 Å². The van der Waals surface area contributed by atoms with Crippen molar-refractivity contribution >= 4 is 41.7 Å². The normalized spacial score (nSPS) is 20.0. The largest absolute Gasteiger partial charge is 0.337 e. The average Bonchev–Trinajstić information content (AvgIpc) is 3.10. The Morgan fingerprint density at radius 2 is 2.08 bits per heavy atom. The molecule has 2 aliphatic heterocycles. The predicted molar refractivity (Wildman–Crippen MR) is 106 cm³/mol. The van der Waals surface area contributed by atoms with E-state index in [1.807, 2.05) is 41.8 Å². The number of carbonyl (C=O) groups excluding carboxylic acids is 2. The Labute approximate surface area is 159 Å². The third-order valence-electron chi connectivity index (χ3n) is 4.73. The third kappa shape index (κ3) is 5.12. The van der Waals surface area contributed by atoms with Gasteiger partial charge < -0.3 is 15.5 Å². The van der Waals surface area contributed by atoms with Crippen LogP contribution in [0.25, 0.3) is 0 Å². The number of carbonyl (C=O) groups is 2. The minimum atomic E-state index is 0. The van der Waals surface area contributed by atoms with E-state index in [0.29, 0.717) is 12.0 Å². The Hall–Kier alpha value is -1.24. The smallest absolute Gasteiger partial charge is 0.254 e. The summed E-state index contributed by atoms with van der Waals surface area (Å²) < 4.78 is 0. The van der Waals surface area contributed by atoms with Gasteiger partial charge in [-0.15, -0.1) is 12.4 Å². The van der Waals surface area contributed by atoms with Gasteiger partial charge in [0.2, 0.25) is 5.91 Å². The number of thioether (sulfide) groups is 1. The van der Waals surface area contributed by atoms with Crippen molar-refractivity contribution in [3.05, 3.63) is 29.3 Å². The monoisotopic (exact) mass is 383 g/mol. The standard InChI is InChI=1S/C18H25N3O2S.ClH/c1-13-15(18(23)21-8-10-24-11-9-21)5-2-6-16(13)20-17(22)12-14-4-3-7-19-14;/h2,5-6,14,19H,3-4,7-12H2,1H3,(H,20,22);1H. The molecule has 1 atom stereocenters. The van der Waals surface area contributed by atoms with Gasteiger partial charge in [0, 0.05) is 48.3 Å². The zero-order valence-corrected chi connectivity index (χ0v) is 16.2. The van der Waals surface area contributed by atoms with Gasteiger partial charge in [0.15, 0.2) is 0 Å². The molecule has 2 heterocycles. The molecule has 2 amide bonds. The molecular formula is C18H26ClN3O2S. The average molecular weight is 384 g/mol. The van der Waals surface area contributed by atoms with E-state index >= 15 is 0 Å². The van der Waals surface area contributed by atoms with Crippen molar-refractivity contribution in [2.75, 3.05) is 36.5 Å². The molecule has 7 heteroatoms. The van der Waals surface area contributed by atoms with Gasteiger partial charge in [-0.2, -0.15) is 11.8 Å². The number of benzene rings is 1. The van der Waals surface area contributed by atoms with Crippen molar-refractivity contribution in [1.29, 1.82) is 0 Å². The van der Waals surface area contributed by atoms with Crippen LogP contribution in [0, 0.1) is 6.92 Å². The molecule has 0 aromatic heterocycles. The first-order valence-corrected chi connectivity index (χ1v) is 9.80. The zero-order chi connectivity index (χ0) is 16.9. The number of hydrogen-bond donors (Lipinski definition) is 2. The lowest BCUT2D eigenvalue weighted by Crippen LogP contribution is -2.38. The fourth-order valence-corrected chi connectivity index (χ4v) is 4.20. The van der Waals surface area contributed by atoms with Gasteiger partial charge in [-0.3, -0.25) is 9.59 Å². The van der Waals surface area contributed by atoms with Gasteiger partial charge >= 0.3 is 0 Å². The lowest BCUT2D eigenvalue weighted by atomic mass is 10.0. The van der Waals surface area contributed by atoms with E-state index < -0.39 is 0 Å². The minimum Gasteiger partial charge on any atom is -0.337 e. The van der Waals surface area contributed by atoms with Crippen LogP contribution in [0.1, 0.15) is 35.2 Å². The van der Waals surface area contributed by atoms with Crippen LogP contribution in [0.5, 0.6) is 0 Å². The Morgan fingerprint density at radius 3 is 2.76 bits per heavy atom. The molecular weight excluding hydrogens is 358 g/mol. The highest BCUT2D eigenvalue weighted by Gasteiger charge is 2.22. The Morgan fingerprint density at radius 1 is 1.32 bits per heavy atom. The van der Waals surface area contributed by atoms with Crippen LogP contribution in [-0.4, -0.2) is 53.9 Å². The third-order valence-corrected chi connectivity index (χ3v) is 5.67. The van der Waals surface area contributed by atoms with E-state index in [9.17, 15) is 9.59 Å². The highest BCUT2D eigenvalue weighted by atomic mass is 35.5. The molecule has 5 nitrogen and oxygen atoms in total. The van der Waals surface area contributed by atoms with Gasteiger partial charge in [0.05, 0.1) is 0 Å². The summed E-state index contributed by atoms with van der Waals surface area (Å²) in [5.74, 6) is 2.07. The number of amides is 2. The summed E-state index contributed by atoms with van der Waals surface area (Å²) >= 11 is 1.89. The molecule has 2 saturated heterocycles. The summed E-state index contributed by atoms with van der Waals surface area (Å²) in [5, 5.41) is 6.32.